The van der Waals surface area contributed by atoms with Gasteiger partial charge in [-0.05, 0) is 18.9 Å². The number of carbonyl (C=O) groups is 1. The molecular weight excluding hydrogens is 294 g/mol. The Morgan fingerprint density at radius 3 is 2.70 bits per heavy atom. The SMILES string of the molecule is CCC(C)(O)Cc1cn(C(Cc2ccccc2)C(=O)OC)nn1. The molecule has 23 heavy (non-hydrogen) atoms. The normalized spacial score (nSPS) is 15.0. The maximum atomic E-state index is 12.1. The number of hydrogen-bond acceptors (Lipinski definition) is 5. The number of ether oxygens (including phenoxy) is 1. The van der Waals surface area contributed by atoms with Gasteiger partial charge < -0.3 is 9.84 Å². The lowest BCUT2D eigenvalue weighted by Crippen LogP contribution is -2.26. The maximum Gasteiger partial charge on any atom is 0.331 e. The van der Waals surface area contributed by atoms with E-state index in [4.69, 9.17) is 4.74 Å². The molecule has 0 aliphatic rings. The Kier molecular flexibility index (Phi) is 5.50. The molecule has 0 bridgehead atoms. The number of nitrogens with zero attached hydrogens (tertiary/aromatic N) is 3. The molecule has 1 aromatic heterocycles. The van der Waals surface area contributed by atoms with E-state index >= 15 is 0 Å². The number of aliphatic hydroxyl groups is 1. The van der Waals surface area contributed by atoms with Crippen molar-refractivity contribution in [3.63, 3.8) is 0 Å². The van der Waals surface area contributed by atoms with E-state index in [1.54, 1.807) is 13.1 Å². The van der Waals surface area contributed by atoms with Crippen LogP contribution in [0.3, 0.4) is 0 Å². The molecular formula is C17H23N3O3. The second-order valence-electron chi connectivity index (χ2n) is 5.95. The zero-order valence-corrected chi connectivity index (χ0v) is 13.8. The van der Waals surface area contributed by atoms with E-state index in [0.717, 1.165) is 5.56 Å². The first kappa shape index (κ1) is 17.1. The van der Waals surface area contributed by atoms with Gasteiger partial charge in [0.25, 0.3) is 0 Å². The van der Waals surface area contributed by atoms with E-state index in [2.05, 4.69) is 10.3 Å². The average Bonchev–Trinajstić information content (AvgIpc) is 3.00. The van der Waals surface area contributed by atoms with Gasteiger partial charge in [-0.25, -0.2) is 9.48 Å². The summed E-state index contributed by atoms with van der Waals surface area (Å²) in [6.45, 7) is 3.67. The summed E-state index contributed by atoms with van der Waals surface area (Å²) in [6.07, 6.45) is 3.18. The van der Waals surface area contributed by atoms with Crippen LogP contribution >= 0.6 is 0 Å². The molecule has 2 aromatic rings. The summed E-state index contributed by atoms with van der Waals surface area (Å²) in [5.74, 6) is -0.368. The Morgan fingerprint density at radius 1 is 1.39 bits per heavy atom. The molecule has 1 N–H and O–H groups in total. The summed E-state index contributed by atoms with van der Waals surface area (Å²) in [4.78, 5) is 12.1. The first-order valence-corrected chi connectivity index (χ1v) is 7.70. The number of aromatic nitrogens is 3. The highest BCUT2D eigenvalue weighted by molar-refractivity contribution is 5.74. The zero-order chi connectivity index (χ0) is 16.9. The fourth-order valence-corrected chi connectivity index (χ4v) is 2.32. The van der Waals surface area contributed by atoms with E-state index in [1.807, 2.05) is 37.3 Å². The van der Waals surface area contributed by atoms with Gasteiger partial charge in [0, 0.05) is 19.0 Å². The Labute approximate surface area is 136 Å². The molecule has 0 saturated carbocycles. The van der Waals surface area contributed by atoms with Crippen molar-refractivity contribution in [3.8, 4) is 0 Å². The molecule has 6 nitrogen and oxygen atoms in total. The molecule has 1 aromatic carbocycles. The van der Waals surface area contributed by atoms with Gasteiger partial charge in [-0.2, -0.15) is 0 Å². The lowest BCUT2D eigenvalue weighted by molar-refractivity contribution is -0.144. The maximum absolute atomic E-state index is 12.1. The van der Waals surface area contributed by atoms with Gasteiger partial charge in [-0.1, -0.05) is 42.5 Å². The summed E-state index contributed by atoms with van der Waals surface area (Å²) in [6, 6.07) is 9.11. The highest BCUT2D eigenvalue weighted by atomic mass is 16.5. The fraction of sp³-hybridized carbons (Fsp3) is 0.471. The number of rotatable bonds is 7. The Hall–Kier alpha value is -2.21. The second-order valence-corrected chi connectivity index (χ2v) is 5.95. The fourth-order valence-electron chi connectivity index (χ4n) is 2.32. The van der Waals surface area contributed by atoms with Gasteiger partial charge in [0.1, 0.15) is 0 Å². The molecule has 0 spiro atoms. The van der Waals surface area contributed by atoms with Gasteiger partial charge >= 0.3 is 5.97 Å². The topological polar surface area (TPSA) is 77.2 Å². The van der Waals surface area contributed by atoms with Crippen molar-refractivity contribution in [2.45, 2.75) is 44.8 Å². The van der Waals surface area contributed by atoms with Crippen LogP contribution in [0.25, 0.3) is 0 Å². The van der Waals surface area contributed by atoms with Crippen LogP contribution in [0.2, 0.25) is 0 Å². The lowest BCUT2D eigenvalue weighted by atomic mass is 9.98. The highest BCUT2D eigenvalue weighted by Gasteiger charge is 2.25. The van der Waals surface area contributed by atoms with E-state index in [0.29, 0.717) is 25.0 Å². The van der Waals surface area contributed by atoms with E-state index in [1.165, 1.54) is 11.8 Å². The molecule has 0 amide bonds. The lowest BCUT2D eigenvalue weighted by Gasteiger charge is -2.19. The van der Waals surface area contributed by atoms with Crippen LogP contribution in [0, 0.1) is 0 Å². The molecule has 0 aliphatic carbocycles. The smallest absolute Gasteiger partial charge is 0.331 e. The molecule has 2 unspecified atom stereocenters. The largest absolute Gasteiger partial charge is 0.467 e. The van der Waals surface area contributed by atoms with Crippen molar-refractivity contribution < 1.29 is 14.6 Å². The summed E-state index contributed by atoms with van der Waals surface area (Å²) in [5, 5.41) is 18.3. The Bertz CT molecular complexity index is 638. The van der Waals surface area contributed by atoms with E-state index in [-0.39, 0.29) is 5.97 Å². The Balaban J connectivity index is 2.20. The third kappa shape index (κ3) is 4.63. The third-order valence-electron chi connectivity index (χ3n) is 3.95. The molecule has 2 rings (SSSR count). The predicted octanol–water partition coefficient (Wildman–Crippen LogP) is 1.94. The van der Waals surface area contributed by atoms with E-state index in [9.17, 15) is 9.90 Å². The minimum absolute atomic E-state index is 0.368. The monoisotopic (exact) mass is 317 g/mol. The van der Waals surface area contributed by atoms with Gasteiger partial charge in [0.05, 0.1) is 18.4 Å². The summed E-state index contributed by atoms with van der Waals surface area (Å²) < 4.78 is 6.41. The van der Waals surface area contributed by atoms with Crippen molar-refractivity contribution in [2.75, 3.05) is 7.11 Å². The van der Waals surface area contributed by atoms with Crippen LogP contribution < -0.4 is 0 Å². The molecule has 1 heterocycles. The molecule has 2 atom stereocenters. The quantitative estimate of drug-likeness (QED) is 0.790. The molecule has 0 fully saturated rings. The number of benzene rings is 1. The van der Waals surface area contributed by atoms with Crippen LogP contribution in [0.1, 0.15) is 37.6 Å². The molecule has 0 radical (unpaired) electrons. The number of carbonyl (C=O) groups excluding carboxylic acids is 1. The summed E-state index contributed by atoms with van der Waals surface area (Å²) >= 11 is 0. The number of hydrogen-bond donors (Lipinski definition) is 1. The molecule has 6 heteroatoms. The average molecular weight is 317 g/mol. The van der Waals surface area contributed by atoms with Crippen molar-refractivity contribution in [2.24, 2.45) is 0 Å². The summed E-state index contributed by atoms with van der Waals surface area (Å²) in [7, 11) is 1.36. The molecule has 0 aliphatic heterocycles. The first-order valence-electron chi connectivity index (χ1n) is 7.70. The van der Waals surface area contributed by atoms with Gasteiger partial charge in [-0.15, -0.1) is 5.10 Å². The first-order chi connectivity index (χ1) is 10.9. The van der Waals surface area contributed by atoms with Crippen LogP contribution in [0.5, 0.6) is 0 Å². The van der Waals surface area contributed by atoms with Gasteiger partial charge in [-0.3, -0.25) is 0 Å². The number of esters is 1. The Morgan fingerprint density at radius 2 is 2.09 bits per heavy atom. The molecule has 124 valence electrons. The minimum Gasteiger partial charge on any atom is -0.467 e. The number of methoxy groups -OCH3 is 1. The van der Waals surface area contributed by atoms with Crippen molar-refractivity contribution in [3.05, 3.63) is 47.8 Å². The third-order valence-corrected chi connectivity index (χ3v) is 3.95. The standard InChI is InChI=1S/C17H23N3O3/c1-4-17(2,22)11-14-12-20(19-18-14)15(16(21)23-3)10-13-8-6-5-7-9-13/h5-9,12,15,22H,4,10-11H2,1-3H3. The predicted molar refractivity (Wildman–Crippen MR) is 85.8 cm³/mol. The van der Waals surface area contributed by atoms with E-state index < -0.39 is 11.6 Å². The minimum atomic E-state index is -0.832. The second kappa shape index (κ2) is 7.37. The van der Waals surface area contributed by atoms with Crippen molar-refractivity contribution in [1.29, 1.82) is 0 Å². The van der Waals surface area contributed by atoms with Gasteiger partial charge in [0.15, 0.2) is 6.04 Å². The summed E-state index contributed by atoms with van der Waals surface area (Å²) in [5.41, 5.74) is 0.834. The van der Waals surface area contributed by atoms with Crippen molar-refractivity contribution >= 4 is 5.97 Å². The van der Waals surface area contributed by atoms with Crippen LogP contribution in [0.4, 0.5) is 0 Å². The van der Waals surface area contributed by atoms with Crippen LogP contribution in [0.15, 0.2) is 36.5 Å². The molecule has 0 saturated heterocycles. The van der Waals surface area contributed by atoms with Crippen LogP contribution in [-0.4, -0.2) is 38.8 Å². The highest BCUT2D eigenvalue weighted by Crippen LogP contribution is 2.18. The zero-order valence-electron chi connectivity index (χ0n) is 13.8. The van der Waals surface area contributed by atoms with Crippen molar-refractivity contribution in [1.82, 2.24) is 15.0 Å². The van der Waals surface area contributed by atoms with Gasteiger partial charge in [0.2, 0.25) is 0 Å². The van der Waals surface area contributed by atoms with Crippen LogP contribution in [-0.2, 0) is 22.4 Å².